The number of aliphatic carboxylic acids is 1. The molecule has 0 saturated heterocycles. The monoisotopic (exact) mass is 714 g/mol. The number of H-pyrrole nitrogens is 1. The third-order valence-electron chi connectivity index (χ3n) is 7.07. The van der Waals surface area contributed by atoms with E-state index in [1.165, 1.54) is 26.4 Å². The van der Waals surface area contributed by atoms with E-state index in [4.69, 9.17) is 16.6 Å². The summed E-state index contributed by atoms with van der Waals surface area (Å²) in [5.74, 6) is -8.40. The van der Waals surface area contributed by atoms with E-state index in [-0.39, 0.29) is 6.42 Å². The number of primary amides is 1. The molecule has 0 unspecified atom stereocenters. The van der Waals surface area contributed by atoms with Crippen LogP contribution in [-0.2, 0) is 44.8 Å². The molecule has 0 spiro atoms. The summed E-state index contributed by atoms with van der Waals surface area (Å²) in [7, 11) is 0. The molecule has 0 aliphatic carbocycles. The summed E-state index contributed by atoms with van der Waals surface area (Å²) in [5, 5.41) is 52.1. The lowest BCUT2D eigenvalue weighted by molar-refractivity contribution is -0.142. The van der Waals surface area contributed by atoms with Crippen molar-refractivity contribution in [2.45, 2.75) is 101 Å². The number of nitrogens with zero attached hydrogens (tertiary/aromatic N) is 1. The molecule has 0 aliphatic rings. The Hall–Kier alpha value is -5.19. The van der Waals surface area contributed by atoms with Crippen molar-refractivity contribution in [1.82, 2.24) is 41.9 Å². The number of aliphatic hydroxyl groups is 3. The predicted molar refractivity (Wildman–Crippen MR) is 170 cm³/mol. The number of imidazole rings is 1. The van der Waals surface area contributed by atoms with Gasteiger partial charge in [0.25, 0.3) is 0 Å². The Morgan fingerprint density at radius 1 is 0.740 bits per heavy atom. The minimum Gasteiger partial charge on any atom is -0.480 e. The molecule has 0 radical (unpaired) electrons. The van der Waals surface area contributed by atoms with Crippen LogP contribution in [0.4, 0.5) is 0 Å². The zero-order valence-electron chi connectivity index (χ0n) is 27.8. The topological polar surface area (TPSA) is 370 Å². The van der Waals surface area contributed by atoms with Crippen molar-refractivity contribution in [3.63, 3.8) is 0 Å². The summed E-state index contributed by atoms with van der Waals surface area (Å²) in [6.45, 7) is 3.62. The maximum atomic E-state index is 13.1. The van der Waals surface area contributed by atoms with Crippen molar-refractivity contribution in [3.8, 4) is 0 Å². The summed E-state index contributed by atoms with van der Waals surface area (Å²) in [6, 6.07) is -10.5. The number of carboxylic acids is 1. The highest BCUT2D eigenvalue weighted by atomic mass is 16.4. The standard InChI is InChI=1S/C28H46N10O12/c1-11(33-26(47)20(13(3)40)37-23(44)16(29)7-15-8-31-10-32-15)22(43)35-17(5-6-19(30)42)24(45)36-18(9-39)25(46)38-21(14(4)41)27(48)34-12(2)28(49)50/h8,10-14,16-18,20-21,39-41H,5-7,9,29H2,1-4H3,(H2,30,42)(H,31,32)(H,33,47)(H,34,48)(H,35,43)(H,36,45)(H,37,44)(H,38,46)(H,49,50)/t11-,12-,13+,14+,16-,17-,18-,20-,21-/m0/s1. The maximum absolute atomic E-state index is 13.1. The van der Waals surface area contributed by atoms with E-state index in [2.05, 4.69) is 41.9 Å². The Morgan fingerprint density at radius 2 is 1.24 bits per heavy atom. The third-order valence-corrected chi connectivity index (χ3v) is 7.07. The van der Waals surface area contributed by atoms with Crippen molar-refractivity contribution >= 4 is 47.3 Å². The Bertz CT molecular complexity index is 1360. The van der Waals surface area contributed by atoms with Gasteiger partial charge in [0, 0.05) is 24.7 Å². The molecule has 50 heavy (non-hydrogen) atoms. The average molecular weight is 715 g/mol. The first-order valence-corrected chi connectivity index (χ1v) is 15.3. The van der Waals surface area contributed by atoms with Gasteiger partial charge < -0.3 is 68.8 Å². The molecule has 9 atom stereocenters. The number of nitrogens with two attached hydrogens (primary N) is 2. The number of carbonyl (C=O) groups is 8. The number of aromatic amines is 1. The Kier molecular flexibility index (Phi) is 17.4. The van der Waals surface area contributed by atoms with Crippen LogP contribution >= 0.6 is 0 Å². The van der Waals surface area contributed by atoms with Crippen LogP contribution in [0.2, 0.25) is 0 Å². The summed E-state index contributed by atoms with van der Waals surface area (Å²) in [6.07, 6.45) is -0.959. The number of nitrogens with one attached hydrogen (secondary N) is 7. The van der Waals surface area contributed by atoms with E-state index in [0.717, 1.165) is 13.8 Å². The van der Waals surface area contributed by atoms with Crippen LogP contribution in [0.5, 0.6) is 0 Å². The Morgan fingerprint density at radius 3 is 1.70 bits per heavy atom. The number of carbonyl (C=O) groups excluding carboxylic acids is 7. The second-order valence-electron chi connectivity index (χ2n) is 11.4. The van der Waals surface area contributed by atoms with Crippen LogP contribution < -0.4 is 43.4 Å². The zero-order valence-corrected chi connectivity index (χ0v) is 27.8. The number of aliphatic hydroxyl groups excluding tert-OH is 3. The molecule has 1 heterocycles. The maximum Gasteiger partial charge on any atom is 0.325 e. The van der Waals surface area contributed by atoms with E-state index >= 15 is 0 Å². The highest BCUT2D eigenvalue weighted by Crippen LogP contribution is 2.04. The zero-order chi connectivity index (χ0) is 38.3. The van der Waals surface area contributed by atoms with E-state index in [9.17, 15) is 53.7 Å². The summed E-state index contributed by atoms with van der Waals surface area (Å²) in [5.41, 5.74) is 11.6. The third kappa shape index (κ3) is 14.1. The first-order chi connectivity index (χ1) is 23.3. The minimum absolute atomic E-state index is 0.0366. The molecule has 7 amide bonds. The van der Waals surface area contributed by atoms with Crippen molar-refractivity contribution in [2.75, 3.05) is 6.61 Å². The first kappa shape index (κ1) is 42.8. The van der Waals surface area contributed by atoms with Gasteiger partial charge in [-0.25, -0.2) is 4.98 Å². The summed E-state index contributed by atoms with van der Waals surface area (Å²) < 4.78 is 0. The first-order valence-electron chi connectivity index (χ1n) is 15.3. The molecule has 0 bridgehead atoms. The molecule has 22 nitrogen and oxygen atoms in total. The van der Waals surface area contributed by atoms with Gasteiger partial charge in [-0.05, 0) is 34.1 Å². The highest BCUT2D eigenvalue weighted by Gasteiger charge is 2.34. The van der Waals surface area contributed by atoms with Gasteiger partial charge in [-0.1, -0.05) is 0 Å². The molecule has 0 aromatic carbocycles. The Balaban J connectivity index is 2.98. The van der Waals surface area contributed by atoms with Crippen LogP contribution in [0, 0.1) is 0 Å². The number of hydrogen-bond donors (Lipinski definition) is 13. The fraction of sp³-hybridized carbons (Fsp3) is 0.607. The molecular formula is C28H46N10O12. The Labute approximate surface area is 285 Å². The van der Waals surface area contributed by atoms with E-state index in [1.54, 1.807) is 0 Å². The lowest BCUT2D eigenvalue weighted by atomic mass is 10.1. The van der Waals surface area contributed by atoms with Gasteiger partial charge in [-0.2, -0.15) is 0 Å². The second kappa shape index (κ2) is 20.4. The fourth-order valence-corrected chi connectivity index (χ4v) is 4.10. The van der Waals surface area contributed by atoms with Crippen LogP contribution in [-0.4, -0.2) is 139 Å². The van der Waals surface area contributed by atoms with E-state index in [1.807, 2.05) is 0 Å². The molecule has 0 aliphatic heterocycles. The minimum atomic E-state index is -1.77. The van der Waals surface area contributed by atoms with Crippen molar-refractivity contribution in [2.24, 2.45) is 11.5 Å². The summed E-state index contributed by atoms with van der Waals surface area (Å²) in [4.78, 5) is 106. The van der Waals surface area contributed by atoms with Gasteiger partial charge in [0.1, 0.15) is 36.3 Å². The molecular weight excluding hydrogens is 668 g/mol. The van der Waals surface area contributed by atoms with Gasteiger partial charge in [0.15, 0.2) is 0 Å². The van der Waals surface area contributed by atoms with Gasteiger partial charge in [-0.3, -0.25) is 38.4 Å². The van der Waals surface area contributed by atoms with Gasteiger partial charge in [0.2, 0.25) is 41.4 Å². The number of rotatable bonds is 21. The van der Waals surface area contributed by atoms with E-state index in [0.29, 0.717) is 5.69 Å². The molecule has 1 aromatic rings. The van der Waals surface area contributed by atoms with Crippen molar-refractivity contribution < 1.29 is 58.8 Å². The van der Waals surface area contributed by atoms with Crippen molar-refractivity contribution in [3.05, 3.63) is 18.2 Å². The summed E-state index contributed by atoms with van der Waals surface area (Å²) >= 11 is 0. The SMILES string of the molecule is C[C@H](NC(=O)[C@@H](NC(=O)[C@H](CO)NC(=O)[C@H](CCC(N)=O)NC(=O)[C@H](C)NC(=O)[C@@H](NC(=O)[C@@H](N)Cc1cnc[nH]1)[C@@H](C)O)[C@@H](C)O)C(=O)O. The fourth-order valence-electron chi connectivity index (χ4n) is 4.10. The van der Waals surface area contributed by atoms with Gasteiger partial charge >= 0.3 is 5.97 Å². The largest absolute Gasteiger partial charge is 0.480 e. The average Bonchev–Trinajstić information content (AvgIpc) is 3.54. The molecule has 1 rings (SSSR count). The molecule has 280 valence electrons. The normalized spacial score (nSPS) is 16.4. The second-order valence-corrected chi connectivity index (χ2v) is 11.4. The van der Waals surface area contributed by atoms with Gasteiger partial charge in [0.05, 0.1) is 31.2 Å². The van der Waals surface area contributed by atoms with Crippen LogP contribution in [0.1, 0.15) is 46.2 Å². The van der Waals surface area contributed by atoms with Crippen LogP contribution in [0.25, 0.3) is 0 Å². The lowest BCUT2D eigenvalue weighted by Crippen LogP contribution is -2.61. The van der Waals surface area contributed by atoms with Gasteiger partial charge in [-0.15, -0.1) is 0 Å². The van der Waals surface area contributed by atoms with Crippen LogP contribution in [0.15, 0.2) is 12.5 Å². The van der Waals surface area contributed by atoms with Crippen LogP contribution in [0.3, 0.4) is 0 Å². The number of hydrogen-bond acceptors (Lipinski definition) is 13. The quantitative estimate of drug-likeness (QED) is 0.0563. The highest BCUT2D eigenvalue weighted by molar-refractivity contribution is 5.97. The number of carboxylic acid groups (broad SMARTS) is 1. The molecule has 1 aromatic heterocycles. The molecule has 0 saturated carbocycles. The lowest BCUT2D eigenvalue weighted by Gasteiger charge is -2.27. The molecule has 22 heteroatoms. The smallest absolute Gasteiger partial charge is 0.325 e. The number of amides is 7. The predicted octanol–water partition coefficient (Wildman–Crippen LogP) is -6.67. The van der Waals surface area contributed by atoms with Crippen molar-refractivity contribution in [1.29, 1.82) is 0 Å². The number of aromatic nitrogens is 2. The molecule has 0 fully saturated rings. The van der Waals surface area contributed by atoms with E-state index < -0.39 is 121 Å². The molecule has 15 N–H and O–H groups in total.